The second-order valence-electron chi connectivity index (χ2n) is 5.71. The van der Waals surface area contributed by atoms with Crippen molar-refractivity contribution < 1.29 is 4.79 Å². The molecule has 124 valence electrons. The van der Waals surface area contributed by atoms with E-state index in [1.54, 1.807) is 24.4 Å². The first-order chi connectivity index (χ1) is 11.5. The Morgan fingerprint density at radius 3 is 2.58 bits per heavy atom. The Hall–Kier alpha value is -3.09. The normalized spacial score (nSPS) is 10.8. The molecular weight excluding hydrogens is 306 g/mol. The number of hydrogen-bond donors (Lipinski definition) is 1. The van der Waals surface area contributed by atoms with Crippen molar-refractivity contribution in [2.45, 2.75) is 13.1 Å². The minimum Gasteiger partial charge on any atom is -0.378 e. The second-order valence-corrected chi connectivity index (χ2v) is 5.71. The van der Waals surface area contributed by atoms with Crippen LogP contribution in [0.2, 0.25) is 0 Å². The van der Waals surface area contributed by atoms with Gasteiger partial charge in [-0.2, -0.15) is 0 Å². The molecule has 3 rings (SSSR count). The second kappa shape index (κ2) is 6.57. The van der Waals surface area contributed by atoms with E-state index in [0.29, 0.717) is 12.2 Å². The van der Waals surface area contributed by atoms with Crippen LogP contribution in [0, 0.1) is 0 Å². The number of fused-ring (bicyclic) bond motifs is 1. The van der Waals surface area contributed by atoms with Crippen LogP contribution in [0.1, 0.15) is 5.56 Å². The molecule has 0 aliphatic heterocycles. The van der Waals surface area contributed by atoms with Crippen molar-refractivity contribution in [2.75, 3.05) is 19.0 Å². The number of nitrogens with one attached hydrogen (secondary N) is 1. The van der Waals surface area contributed by atoms with Gasteiger partial charge in [0, 0.05) is 32.5 Å². The summed E-state index contributed by atoms with van der Waals surface area (Å²) in [5, 5.41) is 6.95. The van der Waals surface area contributed by atoms with Crippen molar-refractivity contribution in [3.8, 4) is 0 Å². The van der Waals surface area contributed by atoms with Crippen LogP contribution in [-0.4, -0.2) is 34.2 Å². The van der Waals surface area contributed by atoms with E-state index in [-0.39, 0.29) is 18.1 Å². The first-order valence-corrected chi connectivity index (χ1v) is 7.62. The molecule has 0 aliphatic carbocycles. The lowest BCUT2D eigenvalue weighted by Gasteiger charge is -2.12. The van der Waals surface area contributed by atoms with Crippen molar-refractivity contribution >= 4 is 17.2 Å². The lowest BCUT2D eigenvalue weighted by atomic mass is 10.2. The fourth-order valence-electron chi connectivity index (χ4n) is 2.38. The highest BCUT2D eigenvalue weighted by Gasteiger charge is 2.10. The zero-order valence-electron chi connectivity index (χ0n) is 13.6. The van der Waals surface area contributed by atoms with Crippen LogP contribution in [0.15, 0.2) is 53.5 Å². The van der Waals surface area contributed by atoms with Gasteiger partial charge in [0.15, 0.2) is 5.65 Å². The van der Waals surface area contributed by atoms with E-state index in [2.05, 4.69) is 10.4 Å². The molecule has 0 saturated carbocycles. The SMILES string of the molecule is CN(C)c1ccc(CNC(=O)Cn2nc3ccccn3c2=O)cc1. The van der Waals surface area contributed by atoms with E-state index in [1.165, 1.54) is 9.08 Å². The third-order valence-electron chi connectivity index (χ3n) is 3.72. The van der Waals surface area contributed by atoms with E-state index in [1.807, 2.05) is 43.3 Å². The van der Waals surface area contributed by atoms with E-state index in [9.17, 15) is 9.59 Å². The number of amides is 1. The third kappa shape index (κ3) is 3.29. The van der Waals surface area contributed by atoms with Crippen LogP contribution in [0.3, 0.4) is 0 Å². The Morgan fingerprint density at radius 1 is 1.17 bits per heavy atom. The monoisotopic (exact) mass is 325 g/mol. The van der Waals surface area contributed by atoms with Gasteiger partial charge >= 0.3 is 5.69 Å². The number of aromatic nitrogens is 3. The van der Waals surface area contributed by atoms with Gasteiger partial charge in [-0.05, 0) is 29.8 Å². The summed E-state index contributed by atoms with van der Waals surface area (Å²) in [7, 11) is 3.95. The van der Waals surface area contributed by atoms with Crippen molar-refractivity contribution in [3.05, 3.63) is 64.7 Å². The summed E-state index contributed by atoms with van der Waals surface area (Å²) in [6, 6.07) is 13.2. The number of benzene rings is 1. The molecule has 0 aliphatic rings. The van der Waals surface area contributed by atoms with E-state index in [4.69, 9.17) is 0 Å². The fraction of sp³-hybridized carbons (Fsp3) is 0.235. The average Bonchev–Trinajstić information content (AvgIpc) is 2.89. The van der Waals surface area contributed by atoms with Crippen LogP contribution in [-0.2, 0) is 17.9 Å². The van der Waals surface area contributed by atoms with Gasteiger partial charge in [0.2, 0.25) is 5.91 Å². The van der Waals surface area contributed by atoms with Gasteiger partial charge in [-0.1, -0.05) is 18.2 Å². The molecule has 2 heterocycles. The smallest absolute Gasteiger partial charge is 0.350 e. The Balaban J connectivity index is 1.63. The molecule has 0 radical (unpaired) electrons. The molecule has 24 heavy (non-hydrogen) atoms. The number of anilines is 1. The molecule has 3 aromatic rings. The molecule has 7 nitrogen and oxygen atoms in total. The van der Waals surface area contributed by atoms with Gasteiger partial charge in [0.25, 0.3) is 0 Å². The molecule has 1 aromatic carbocycles. The largest absolute Gasteiger partial charge is 0.378 e. The maximum absolute atomic E-state index is 12.1. The maximum Gasteiger partial charge on any atom is 0.350 e. The summed E-state index contributed by atoms with van der Waals surface area (Å²) in [5.41, 5.74) is 2.29. The summed E-state index contributed by atoms with van der Waals surface area (Å²) >= 11 is 0. The number of pyridine rings is 1. The van der Waals surface area contributed by atoms with Crippen LogP contribution >= 0.6 is 0 Å². The quantitative estimate of drug-likeness (QED) is 0.756. The molecule has 0 spiro atoms. The first-order valence-electron chi connectivity index (χ1n) is 7.62. The topological polar surface area (TPSA) is 71.6 Å². The Bertz CT molecular complexity index is 909. The molecule has 7 heteroatoms. The molecule has 0 atom stereocenters. The summed E-state index contributed by atoms with van der Waals surface area (Å²) in [6.45, 7) is 0.310. The molecular formula is C17H19N5O2. The van der Waals surface area contributed by atoms with Gasteiger partial charge in [0.05, 0.1) is 0 Å². The van der Waals surface area contributed by atoms with E-state index in [0.717, 1.165) is 11.3 Å². The minimum absolute atomic E-state index is 0.101. The molecule has 0 unspecified atom stereocenters. The van der Waals surface area contributed by atoms with Gasteiger partial charge in [0.1, 0.15) is 6.54 Å². The minimum atomic E-state index is -0.323. The van der Waals surface area contributed by atoms with E-state index >= 15 is 0 Å². The molecule has 2 aromatic heterocycles. The van der Waals surface area contributed by atoms with Crippen molar-refractivity contribution in [1.29, 1.82) is 0 Å². The summed E-state index contributed by atoms with van der Waals surface area (Å²) < 4.78 is 2.58. The Kier molecular flexibility index (Phi) is 4.33. The average molecular weight is 325 g/mol. The van der Waals surface area contributed by atoms with Crippen LogP contribution in [0.25, 0.3) is 5.65 Å². The predicted molar refractivity (Wildman–Crippen MR) is 92.1 cm³/mol. The lowest BCUT2D eigenvalue weighted by molar-refractivity contribution is -0.122. The highest BCUT2D eigenvalue weighted by Crippen LogP contribution is 2.11. The van der Waals surface area contributed by atoms with Crippen molar-refractivity contribution in [1.82, 2.24) is 19.5 Å². The molecule has 1 N–H and O–H groups in total. The zero-order chi connectivity index (χ0) is 17.1. The van der Waals surface area contributed by atoms with Gasteiger partial charge in [-0.15, -0.1) is 5.10 Å². The Morgan fingerprint density at radius 2 is 1.92 bits per heavy atom. The van der Waals surface area contributed by atoms with Crippen molar-refractivity contribution in [2.24, 2.45) is 0 Å². The summed E-state index contributed by atoms with van der Waals surface area (Å²) in [5.74, 6) is -0.253. The molecule has 0 bridgehead atoms. The summed E-state index contributed by atoms with van der Waals surface area (Å²) in [6.07, 6.45) is 1.63. The lowest BCUT2D eigenvalue weighted by Crippen LogP contribution is -2.32. The third-order valence-corrected chi connectivity index (χ3v) is 3.72. The number of carbonyl (C=O) groups excluding carboxylic acids is 1. The Labute approximate surface area is 139 Å². The number of carbonyl (C=O) groups is 1. The van der Waals surface area contributed by atoms with E-state index < -0.39 is 0 Å². The van der Waals surface area contributed by atoms with Crippen LogP contribution < -0.4 is 15.9 Å². The van der Waals surface area contributed by atoms with Gasteiger partial charge < -0.3 is 10.2 Å². The number of nitrogens with zero attached hydrogens (tertiary/aromatic N) is 4. The highest BCUT2D eigenvalue weighted by molar-refractivity contribution is 5.75. The summed E-state index contributed by atoms with van der Waals surface area (Å²) in [4.78, 5) is 26.2. The molecule has 1 amide bonds. The standard InChI is InChI=1S/C17H19N5O2/c1-20(2)14-8-6-13(7-9-14)11-18-16(23)12-22-17(24)21-10-4-3-5-15(21)19-22/h3-10H,11-12H2,1-2H3,(H,18,23). The fourth-order valence-corrected chi connectivity index (χ4v) is 2.38. The van der Waals surface area contributed by atoms with Gasteiger partial charge in [-0.3, -0.25) is 9.20 Å². The first kappa shape index (κ1) is 15.8. The van der Waals surface area contributed by atoms with Crippen molar-refractivity contribution in [3.63, 3.8) is 0 Å². The number of rotatable bonds is 5. The van der Waals surface area contributed by atoms with Crippen LogP contribution in [0.5, 0.6) is 0 Å². The van der Waals surface area contributed by atoms with Gasteiger partial charge in [-0.25, -0.2) is 9.48 Å². The number of hydrogen-bond acceptors (Lipinski definition) is 4. The highest BCUT2D eigenvalue weighted by atomic mass is 16.2. The molecule has 0 fully saturated rings. The predicted octanol–water partition coefficient (Wildman–Crippen LogP) is 0.878. The maximum atomic E-state index is 12.1. The van der Waals surface area contributed by atoms with Crippen LogP contribution in [0.4, 0.5) is 5.69 Å². The zero-order valence-corrected chi connectivity index (χ0v) is 13.6. The molecule has 0 saturated heterocycles.